The van der Waals surface area contributed by atoms with Crippen LogP contribution in [-0.4, -0.2) is 18.6 Å². The molecule has 1 aliphatic rings. The largest absolute Gasteiger partial charge is 0.338 e. The maximum absolute atomic E-state index is 11.5. The van der Waals surface area contributed by atoms with Crippen LogP contribution < -0.4 is 10.6 Å². The highest BCUT2D eigenvalue weighted by Crippen LogP contribution is 2.21. The van der Waals surface area contributed by atoms with E-state index < -0.39 is 0 Å². The van der Waals surface area contributed by atoms with Gasteiger partial charge in [0.2, 0.25) is 0 Å². The maximum Gasteiger partial charge on any atom is 0.315 e. The quantitative estimate of drug-likeness (QED) is 0.799. The van der Waals surface area contributed by atoms with Crippen LogP contribution >= 0.6 is 0 Å². The molecule has 2 amide bonds. The van der Waals surface area contributed by atoms with Crippen molar-refractivity contribution in [1.29, 1.82) is 0 Å². The summed E-state index contributed by atoms with van der Waals surface area (Å²) in [5, 5.41) is 5.85. The lowest BCUT2D eigenvalue weighted by molar-refractivity contribution is 0.237. The average molecular weight is 218 g/mol. The summed E-state index contributed by atoms with van der Waals surface area (Å²) in [6, 6.07) is 8.60. The van der Waals surface area contributed by atoms with Gasteiger partial charge >= 0.3 is 6.03 Å². The van der Waals surface area contributed by atoms with Crippen molar-refractivity contribution in [3.63, 3.8) is 0 Å². The molecule has 0 spiro atoms. The van der Waals surface area contributed by atoms with Crippen molar-refractivity contribution in [2.75, 3.05) is 6.54 Å². The molecule has 3 heteroatoms. The van der Waals surface area contributed by atoms with Crippen LogP contribution in [0.1, 0.15) is 24.5 Å². The summed E-state index contributed by atoms with van der Waals surface area (Å²) in [4.78, 5) is 11.5. The zero-order valence-electron chi connectivity index (χ0n) is 9.62. The third kappa shape index (κ3) is 2.54. The van der Waals surface area contributed by atoms with Gasteiger partial charge < -0.3 is 10.6 Å². The van der Waals surface area contributed by atoms with Crippen molar-refractivity contribution in [3.8, 4) is 0 Å². The summed E-state index contributed by atoms with van der Waals surface area (Å²) in [7, 11) is 0. The Balaban J connectivity index is 1.85. The number of rotatable bonds is 3. The fourth-order valence-electron chi connectivity index (χ4n) is 2.14. The molecule has 0 saturated heterocycles. The van der Waals surface area contributed by atoms with Gasteiger partial charge in [-0.25, -0.2) is 4.79 Å². The fourth-order valence-corrected chi connectivity index (χ4v) is 2.14. The van der Waals surface area contributed by atoms with Gasteiger partial charge in [0.05, 0.1) is 0 Å². The van der Waals surface area contributed by atoms with Crippen molar-refractivity contribution in [1.82, 2.24) is 10.6 Å². The molecule has 1 aromatic carbocycles. The van der Waals surface area contributed by atoms with Gasteiger partial charge in [-0.05, 0) is 30.4 Å². The Morgan fingerprint density at radius 3 is 2.50 bits per heavy atom. The minimum absolute atomic E-state index is 0.0420. The second kappa shape index (κ2) is 5.01. The average Bonchev–Trinajstić information content (AvgIpc) is 2.68. The number of carbonyl (C=O) groups is 1. The standard InChI is InChI=1S/C13H18N2O/c1-2-7-14-13(16)15-12-8-10-5-3-4-6-11(10)9-12/h3-6,12H,2,7-9H2,1H3,(H2,14,15,16). The summed E-state index contributed by atoms with van der Waals surface area (Å²) in [5.74, 6) is 0. The lowest BCUT2D eigenvalue weighted by Gasteiger charge is -2.12. The molecule has 16 heavy (non-hydrogen) atoms. The van der Waals surface area contributed by atoms with E-state index in [1.807, 2.05) is 6.92 Å². The van der Waals surface area contributed by atoms with Gasteiger partial charge in [0.1, 0.15) is 0 Å². The van der Waals surface area contributed by atoms with E-state index in [0.717, 1.165) is 25.8 Å². The number of nitrogens with one attached hydrogen (secondary N) is 2. The molecule has 0 radical (unpaired) electrons. The van der Waals surface area contributed by atoms with Crippen LogP contribution in [0.3, 0.4) is 0 Å². The number of fused-ring (bicyclic) bond motifs is 1. The number of hydrogen-bond donors (Lipinski definition) is 2. The Labute approximate surface area is 96.2 Å². The van der Waals surface area contributed by atoms with Crippen molar-refractivity contribution >= 4 is 6.03 Å². The maximum atomic E-state index is 11.5. The highest BCUT2D eigenvalue weighted by atomic mass is 16.2. The minimum atomic E-state index is -0.0420. The molecule has 86 valence electrons. The summed E-state index contributed by atoms with van der Waals surface area (Å²) in [6.07, 6.45) is 2.88. The summed E-state index contributed by atoms with van der Waals surface area (Å²) in [6.45, 7) is 2.79. The first-order valence-electron chi connectivity index (χ1n) is 5.90. The Hall–Kier alpha value is -1.51. The molecule has 0 fully saturated rings. The van der Waals surface area contributed by atoms with E-state index in [1.54, 1.807) is 0 Å². The Morgan fingerprint density at radius 2 is 1.94 bits per heavy atom. The second-order valence-corrected chi connectivity index (χ2v) is 4.27. The SMILES string of the molecule is CCCNC(=O)NC1Cc2ccccc2C1. The minimum Gasteiger partial charge on any atom is -0.338 e. The molecule has 0 aliphatic heterocycles. The first kappa shape index (κ1) is 11.0. The normalized spacial score (nSPS) is 14.6. The Bertz CT molecular complexity index is 351. The van der Waals surface area contributed by atoms with Gasteiger partial charge in [0, 0.05) is 12.6 Å². The van der Waals surface area contributed by atoms with E-state index in [1.165, 1.54) is 11.1 Å². The molecule has 0 heterocycles. The molecule has 3 nitrogen and oxygen atoms in total. The number of hydrogen-bond acceptors (Lipinski definition) is 1. The smallest absolute Gasteiger partial charge is 0.315 e. The molecule has 0 saturated carbocycles. The molecular weight excluding hydrogens is 200 g/mol. The van der Waals surface area contributed by atoms with E-state index in [9.17, 15) is 4.79 Å². The molecule has 0 bridgehead atoms. The van der Waals surface area contributed by atoms with Crippen molar-refractivity contribution in [2.24, 2.45) is 0 Å². The van der Waals surface area contributed by atoms with E-state index >= 15 is 0 Å². The molecule has 1 aliphatic carbocycles. The zero-order valence-corrected chi connectivity index (χ0v) is 9.62. The Morgan fingerprint density at radius 1 is 1.31 bits per heavy atom. The highest BCUT2D eigenvalue weighted by molar-refractivity contribution is 5.74. The van der Waals surface area contributed by atoms with Gasteiger partial charge in [-0.15, -0.1) is 0 Å². The molecule has 2 rings (SSSR count). The van der Waals surface area contributed by atoms with E-state index in [4.69, 9.17) is 0 Å². The number of urea groups is 1. The first-order valence-corrected chi connectivity index (χ1v) is 5.90. The van der Waals surface area contributed by atoms with Crippen molar-refractivity contribution in [3.05, 3.63) is 35.4 Å². The van der Waals surface area contributed by atoms with Crippen LogP contribution in [0.25, 0.3) is 0 Å². The summed E-state index contributed by atoms with van der Waals surface area (Å²) in [5.41, 5.74) is 2.73. The third-order valence-electron chi connectivity index (χ3n) is 2.92. The van der Waals surface area contributed by atoms with Crippen LogP contribution in [0.2, 0.25) is 0 Å². The second-order valence-electron chi connectivity index (χ2n) is 4.27. The number of benzene rings is 1. The third-order valence-corrected chi connectivity index (χ3v) is 2.92. The van der Waals surface area contributed by atoms with Gasteiger partial charge in [0.25, 0.3) is 0 Å². The van der Waals surface area contributed by atoms with Gasteiger partial charge in [0.15, 0.2) is 0 Å². The van der Waals surface area contributed by atoms with Gasteiger partial charge in [-0.1, -0.05) is 31.2 Å². The monoisotopic (exact) mass is 218 g/mol. The topological polar surface area (TPSA) is 41.1 Å². The number of amides is 2. The molecule has 0 atom stereocenters. The van der Waals surface area contributed by atoms with Gasteiger partial charge in [-0.3, -0.25) is 0 Å². The van der Waals surface area contributed by atoms with Crippen LogP contribution in [0, 0.1) is 0 Å². The molecule has 1 aromatic rings. The van der Waals surface area contributed by atoms with Crippen molar-refractivity contribution < 1.29 is 4.79 Å². The van der Waals surface area contributed by atoms with Gasteiger partial charge in [-0.2, -0.15) is 0 Å². The fraction of sp³-hybridized carbons (Fsp3) is 0.462. The lowest BCUT2D eigenvalue weighted by atomic mass is 10.1. The molecule has 2 N–H and O–H groups in total. The van der Waals surface area contributed by atoms with Crippen LogP contribution in [-0.2, 0) is 12.8 Å². The Kier molecular flexibility index (Phi) is 3.44. The molecule has 0 unspecified atom stereocenters. The van der Waals surface area contributed by atoms with E-state index in [-0.39, 0.29) is 12.1 Å². The van der Waals surface area contributed by atoms with Crippen molar-refractivity contribution in [2.45, 2.75) is 32.2 Å². The molecular formula is C13H18N2O. The summed E-state index contributed by atoms with van der Waals surface area (Å²) < 4.78 is 0. The zero-order chi connectivity index (χ0) is 11.4. The molecule has 0 aromatic heterocycles. The van der Waals surface area contributed by atoms with Crippen LogP contribution in [0.5, 0.6) is 0 Å². The predicted octanol–water partition coefficient (Wildman–Crippen LogP) is 1.86. The highest BCUT2D eigenvalue weighted by Gasteiger charge is 2.21. The van der Waals surface area contributed by atoms with E-state index in [2.05, 4.69) is 34.9 Å². The lowest BCUT2D eigenvalue weighted by Crippen LogP contribution is -2.42. The number of carbonyl (C=O) groups excluding carboxylic acids is 1. The van der Waals surface area contributed by atoms with E-state index in [0.29, 0.717) is 0 Å². The van der Waals surface area contributed by atoms with Crippen LogP contribution in [0.15, 0.2) is 24.3 Å². The summed E-state index contributed by atoms with van der Waals surface area (Å²) >= 11 is 0. The first-order chi connectivity index (χ1) is 7.79. The van der Waals surface area contributed by atoms with Crippen LogP contribution in [0.4, 0.5) is 4.79 Å². The predicted molar refractivity (Wildman–Crippen MR) is 64.5 cm³/mol.